The molecule has 0 radical (unpaired) electrons. The number of carboxylic acids is 1. The van der Waals surface area contributed by atoms with Crippen LogP contribution in [0.15, 0.2) is 12.1 Å². The van der Waals surface area contributed by atoms with Gasteiger partial charge in [0.2, 0.25) is 0 Å². The van der Waals surface area contributed by atoms with Gasteiger partial charge in [0.1, 0.15) is 5.75 Å². The number of nitrogens with zero attached hydrogens (tertiary/aromatic N) is 1. The average molecular weight is 221 g/mol. The molecule has 1 aromatic carbocycles. The Hall–Kier alpha value is -2.06. The molecule has 2 N–H and O–H groups in total. The van der Waals surface area contributed by atoms with E-state index in [4.69, 9.17) is 15.1 Å². The highest BCUT2D eigenvalue weighted by Crippen LogP contribution is 2.30. The molecule has 0 aliphatic rings. The number of aliphatic carboxylic acids is 1. The standard InChI is InChI=1S/C11H11NO4/c1-6-3-7(5-12)4-8(16-2)9(6)10(13)11(14)15/h3-4,10,13H,1-2H3,(H,14,15). The normalized spacial score (nSPS) is 11.6. The molecule has 0 saturated heterocycles. The minimum atomic E-state index is -1.65. The van der Waals surface area contributed by atoms with Crippen LogP contribution in [-0.2, 0) is 4.79 Å². The first-order chi connectivity index (χ1) is 7.51. The summed E-state index contributed by atoms with van der Waals surface area (Å²) in [7, 11) is 1.36. The van der Waals surface area contributed by atoms with Crippen LogP contribution in [0.3, 0.4) is 0 Å². The van der Waals surface area contributed by atoms with Crippen LogP contribution in [0.4, 0.5) is 0 Å². The molecule has 0 aliphatic carbocycles. The number of benzene rings is 1. The van der Waals surface area contributed by atoms with Crippen molar-refractivity contribution < 1.29 is 19.7 Å². The number of rotatable bonds is 3. The SMILES string of the molecule is COc1cc(C#N)cc(C)c1C(O)C(=O)O. The molecular formula is C11H11NO4. The number of hydrogen-bond donors (Lipinski definition) is 2. The van der Waals surface area contributed by atoms with Gasteiger partial charge in [-0.05, 0) is 24.6 Å². The summed E-state index contributed by atoms with van der Waals surface area (Å²) in [5.41, 5.74) is 1.04. The van der Waals surface area contributed by atoms with Gasteiger partial charge in [0, 0.05) is 5.56 Å². The van der Waals surface area contributed by atoms with Crippen LogP contribution in [0, 0.1) is 18.3 Å². The third kappa shape index (κ3) is 2.12. The van der Waals surface area contributed by atoms with Crippen LogP contribution < -0.4 is 4.74 Å². The Morgan fingerprint density at radius 2 is 2.19 bits per heavy atom. The van der Waals surface area contributed by atoms with E-state index in [2.05, 4.69) is 0 Å². The van der Waals surface area contributed by atoms with Gasteiger partial charge in [-0.15, -0.1) is 0 Å². The van der Waals surface area contributed by atoms with Crippen molar-refractivity contribution in [2.75, 3.05) is 7.11 Å². The summed E-state index contributed by atoms with van der Waals surface area (Å²) in [6.45, 7) is 1.62. The average Bonchev–Trinajstić information content (AvgIpc) is 2.26. The smallest absolute Gasteiger partial charge is 0.337 e. The molecular weight excluding hydrogens is 210 g/mol. The molecule has 5 heteroatoms. The first-order valence-electron chi connectivity index (χ1n) is 4.50. The Morgan fingerprint density at radius 1 is 1.56 bits per heavy atom. The van der Waals surface area contributed by atoms with E-state index >= 15 is 0 Å². The summed E-state index contributed by atoms with van der Waals surface area (Å²) in [5.74, 6) is -1.16. The second-order valence-corrected chi connectivity index (χ2v) is 3.26. The summed E-state index contributed by atoms with van der Waals surface area (Å²) in [4.78, 5) is 10.7. The van der Waals surface area contributed by atoms with Crippen LogP contribution in [0.2, 0.25) is 0 Å². The molecule has 0 amide bonds. The molecule has 5 nitrogen and oxygen atoms in total. The first kappa shape index (κ1) is 12.0. The highest BCUT2D eigenvalue weighted by Gasteiger charge is 2.23. The second kappa shape index (κ2) is 4.64. The molecule has 0 spiro atoms. The quantitative estimate of drug-likeness (QED) is 0.794. The highest BCUT2D eigenvalue weighted by molar-refractivity contribution is 5.76. The lowest BCUT2D eigenvalue weighted by atomic mass is 9.99. The predicted octanol–water partition coefficient (Wildman–Crippen LogP) is 0.993. The van der Waals surface area contributed by atoms with E-state index in [1.807, 2.05) is 6.07 Å². The Morgan fingerprint density at radius 3 is 2.62 bits per heavy atom. The number of methoxy groups -OCH3 is 1. The van der Waals surface area contributed by atoms with Gasteiger partial charge in [-0.1, -0.05) is 0 Å². The van der Waals surface area contributed by atoms with Gasteiger partial charge in [-0.3, -0.25) is 0 Å². The summed E-state index contributed by atoms with van der Waals surface area (Å²) < 4.78 is 4.97. The Labute approximate surface area is 92.5 Å². The fourth-order valence-electron chi connectivity index (χ4n) is 1.47. The van der Waals surface area contributed by atoms with Gasteiger partial charge in [0.15, 0.2) is 6.10 Å². The minimum Gasteiger partial charge on any atom is -0.496 e. The van der Waals surface area contributed by atoms with Crippen molar-refractivity contribution in [2.45, 2.75) is 13.0 Å². The maximum absolute atomic E-state index is 10.7. The van der Waals surface area contributed by atoms with E-state index < -0.39 is 12.1 Å². The number of aliphatic hydroxyl groups is 1. The summed E-state index contributed by atoms with van der Waals surface area (Å²) in [6.07, 6.45) is -1.65. The van der Waals surface area contributed by atoms with Crippen molar-refractivity contribution in [3.05, 3.63) is 28.8 Å². The van der Waals surface area contributed by atoms with E-state index in [1.54, 1.807) is 6.92 Å². The van der Waals surface area contributed by atoms with E-state index in [0.29, 0.717) is 11.1 Å². The monoisotopic (exact) mass is 221 g/mol. The van der Waals surface area contributed by atoms with Crippen molar-refractivity contribution in [3.63, 3.8) is 0 Å². The maximum atomic E-state index is 10.7. The molecule has 1 unspecified atom stereocenters. The number of nitriles is 1. The molecule has 0 heterocycles. The first-order valence-corrected chi connectivity index (χ1v) is 4.50. The van der Waals surface area contributed by atoms with Gasteiger partial charge >= 0.3 is 5.97 Å². The summed E-state index contributed by atoms with van der Waals surface area (Å²) in [6, 6.07) is 4.83. The number of ether oxygens (including phenoxy) is 1. The number of carboxylic acid groups (broad SMARTS) is 1. The molecule has 1 atom stereocenters. The molecule has 0 aromatic heterocycles. The third-order valence-corrected chi connectivity index (χ3v) is 2.21. The fourth-order valence-corrected chi connectivity index (χ4v) is 1.47. The van der Waals surface area contributed by atoms with Crippen LogP contribution in [0.5, 0.6) is 5.75 Å². The van der Waals surface area contributed by atoms with Crippen molar-refractivity contribution in [2.24, 2.45) is 0 Å². The molecule has 1 rings (SSSR count). The molecule has 0 aliphatic heterocycles. The minimum absolute atomic E-state index is 0.175. The van der Waals surface area contributed by atoms with Gasteiger partial charge in [-0.25, -0.2) is 4.79 Å². The molecule has 1 aromatic rings. The van der Waals surface area contributed by atoms with Crippen LogP contribution >= 0.6 is 0 Å². The largest absolute Gasteiger partial charge is 0.496 e. The third-order valence-electron chi connectivity index (χ3n) is 2.21. The number of aryl methyl sites for hydroxylation is 1. The van der Waals surface area contributed by atoms with E-state index in [1.165, 1.54) is 19.2 Å². The molecule has 0 saturated carbocycles. The van der Waals surface area contributed by atoms with E-state index in [-0.39, 0.29) is 11.3 Å². The van der Waals surface area contributed by atoms with Gasteiger partial charge < -0.3 is 14.9 Å². The van der Waals surface area contributed by atoms with Gasteiger partial charge in [0.05, 0.1) is 18.7 Å². The Bertz CT molecular complexity index is 462. The van der Waals surface area contributed by atoms with Crippen molar-refractivity contribution in [1.29, 1.82) is 5.26 Å². The number of carbonyl (C=O) groups is 1. The number of aliphatic hydroxyl groups excluding tert-OH is 1. The molecule has 16 heavy (non-hydrogen) atoms. The number of hydrogen-bond acceptors (Lipinski definition) is 4. The Kier molecular flexibility index (Phi) is 3.48. The molecule has 0 bridgehead atoms. The Balaban J connectivity index is 3.39. The zero-order chi connectivity index (χ0) is 12.3. The zero-order valence-electron chi connectivity index (χ0n) is 8.89. The van der Waals surface area contributed by atoms with Crippen LogP contribution in [0.25, 0.3) is 0 Å². The molecule has 0 fully saturated rings. The van der Waals surface area contributed by atoms with Crippen LogP contribution in [0.1, 0.15) is 22.8 Å². The van der Waals surface area contributed by atoms with Crippen LogP contribution in [-0.4, -0.2) is 23.3 Å². The summed E-state index contributed by atoms with van der Waals surface area (Å²) in [5, 5.41) is 27.0. The lowest BCUT2D eigenvalue weighted by Crippen LogP contribution is -2.13. The second-order valence-electron chi connectivity index (χ2n) is 3.26. The van der Waals surface area contributed by atoms with Crippen molar-refractivity contribution in [3.8, 4) is 11.8 Å². The van der Waals surface area contributed by atoms with E-state index in [0.717, 1.165) is 0 Å². The fraction of sp³-hybridized carbons (Fsp3) is 0.273. The van der Waals surface area contributed by atoms with Gasteiger partial charge in [0.25, 0.3) is 0 Å². The lowest BCUT2D eigenvalue weighted by molar-refractivity contribution is -0.147. The summed E-state index contributed by atoms with van der Waals surface area (Å²) >= 11 is 0. The van der Waals surface area contributed by atoms with Crippen molar-refractivity contribution >= 4 is 5.97 Å². The van der Waals surface area contributed by atoms with Gasteiger partial charge in [-0.2, -0.15) is 5.26 Å². The topological polar surface area (TPSA) is 90.5 Å². The predicted molar refractivity (Wildman–Crippen MR) is 55.0 cm³/mol. The zero-order valence-corrected chi connectivity index (χ0v) is 8.89. The molecule has 84 valence electrons. The maximum Gasteiger partial charge on any atom is 0.337 e. The highest BCUT2D eigenvalue weighted by atomic mass is 16.5. The van der Waals surface area contributed by atoms with Crippen molar-refractivity contribution in [1.82, 2.24) is 0 Å². The lowest BCUT2D eigenvalue weighted by Gasteiger charge is -2.14. The van der Waals surface area contributed by atoms with E-state index in [9.17, 15) is 9.90 Å².